The maximum absolute atomic E-state index is 10.2. The topological polar surface area (TPSA) is 45.1 Å². The SMILES string of the molecule is CC(C)C(O)C(C)(C)CNCc1nc2c(s1)CCC2. The molecule has 0 saturated heterocycles. The van der Waals surface area contributed by atoms with Gasteiger partial charge in [0.2, 0.25) is 0 Å². The number of aromatic nitrogens is 1. The van der Waals surface area contributed by atoms with Crippen molar-refractivity contribution in [3.63, 3.8) is 0 Å². The van der Waals surface area contributed by atoms with E-state index in [-0.39, 0.29) is 11.5 Å². The third-order valence-electron chi connectivity index (χ3n) is 3.93. The molecule has 108 valence electrons. The lowest BCUT2D eigenvalue weighted by Crippen LogP contribution is -2.41. The maximum atomic E-state index is 10.2. The lowest BCUT2D eigenvalue weighted by Gasteiger charge is -2.33. The molecule has 0 fully saturated rings. The molecule has 0 spiro atoms. The van der Waals surface area contributed by atoms with E-state index in [1.807, 2.05) is 11.3 Å². The second-order valence-electron chi connectivity index (χ2n) is 6.61. The van der Waals surface area contributed by atoms with E-state index < -0.39 is 0 Å². The van der Waals surface area contributed by atoms with Gasteiger partial charge in [0.1, 0.15) is 5.01 Å². The lowest BCUT2D eigenvalue weighted by atomic mass is 9.81. The normalized spacial score (nSPS) is 16.9. The summed E-state index contributed by atoms with van der Waals surface area (Å²) in [7, 11) is 0. The summed E-state index contributed by atoms with van der Waals surface area (Å²) in [4.78, 5) is 6.17. The molecular weight excluding hydrogens is 256 g/mol. The van der Waals surface area contributed by atoms with Gasteiger partial charge in [-0.05, 0) is 25.2 Å². The summed E-state index contributed by atoms with van der Waals surface area (Å²) in [6, 6.07) is 0. The monoisotopic (exact) mass is 282 g/mol. The first-order valence-corrected chi connectivity index (χ1v) is 8.08. The highest BCUT2D eigenvalue weighted by molar-refractivity contribution is 7.11. The molecule has 1 heterocycles. The molecule has 0 amide bonds. The van der Waals surface area contributed by atoms with E-state index in [1.54, 1.807) is 0 Å². The van der Waals surface area contributed by atoms with Crippen LogP contribution in [0.5, 0.6) is 0 Å². The van der Waals surface area contributed by atoms with Crippen LogP contribution >= 0.6 is 11.3 Å². The van der Waals surface area contributed by atoms with Crippen molar-refractivity contribution in [1.29, 1.82) is 0 Å². The Bertz CT molecular complexity index is 404. The number of thiazole rings is 1. The highest BCUT2D eigenvalue weighted by Gasteiger charge is 2.29. The van der Waals surface area contributed by atoms with Crippen LogP contribution in [0.4, 0.5) is 0 Å². The lowest BCUT2D eigenvalue weighted by molar-refractivity contribution is 0.0134. The van der Waals surface area contributed by atoms with Crippen LogP contribution in [0.2, 0.25) is 0 Å². The fourth-order valence-electron chi connectivity index (χ4n) is 2.82. The van der Waals surface area contributed by atoms with E-state index in [9.17, 15) is 5.11 Å². The van der Waals surface area contributed by atoms with Gasteiger partial charge in [-0.25, -0.2) is 4.98 Å². The van der Waals surface area contributed by atoms with Crippen molar-refractivity contribution in [3.8, 4) is 0 Å². The minimum Gasteiger partial charge on any atom is -0.392 e. The van der Waals surface area contributed by atoms with Crippen LogP contribution in [0, 0.1) is 11.3 Å². The number of hydrogen-bond donors (Lipinski definition) is 2. The Morgan fingerprint density at radius 2 is 2.11 bits per heavy atom. The smallest absolute Gasteiger partial charge is 0.107 e. The Balaban J connectivity index is 1.82. The molecule has 0 bridgehead atoms. The number of nitrogens with one attached hydrogen (secondary N) is 1. The van der Waals surface area contributed by atoms with Crippen LogP contribution in [0.25, 0.3) is 0 Å². The largest absolute Gasteiger partial charge is 0.392 e. The van der Waals surface area contributed by atoms with E-state index in [1.165, 1.54) is 28.4 Å². The molecule has 1 aromatic rings. The van der Waals surface area contributed by atoms with Crippen LogP contribution in [0.1, 0.15) is 49.7 Å². The predicted octanol–water partition coefficient (Wildman–Crippen LogP) is 2.76. The summed E-state index contributed by atoms with van der Waals surface area (Å²) in [5.74, 6) is 0.292. The van der Waals surface area contributed by atoms with Gasteiger partial charge in [-0.3, -0.25) is 0 Å². The van der Waals surface area contributed by atoms with Gasteiger partial charge < -0.3 is 10.4 Å². The van der Waals surface area contributed by atoms with Crippen molar-refractivity contribution in [2.24, 2.45) is 11.3 Å². The molecule has 1 aliphatic rings. The van der Waals surface area contributed by atoms with E-state index >= 15 is 0 Å². The number of fused-ring (bicyclic) bond motifs is 1. The molecule has 3 nitrogen and oxygen atoms in total. The molecule has 2 N–H and O–H groups in total. The second kappa shape index (κ2) is 5.90. The van der Waals surface area contributed by atoms with Gasteiger partial charge in [0.05, 0.1) is 11.8 Å². The van der Waals surface area contributed by atoms with Crippen molar-refractivity contribution < 1.29 is 5.11 Å². The number of aryl methyl sites for hydroxylation is 2. The van der Waals surface area contributed by atoms with Crippen molar-refractivity contribution in [1.82, 2.24) is 10.3 Å². The Morgan fingerprint density at radius 1 is 1.37 bits per heavy atom. The summed E-state index contributed by atoms with van der Waals surface area (Å²) in [5.41, 5.74) is 1.22. The molecule has 2 rings (SSSR count). The third-order valence-corrected chi connectivity index (χ3v) is 5.09. The predicted molar refractivity (Wildman–Crippen MR) is 80.5 cm³/mol. The molecule has 0 aromatic carbocycles. The fraction of sp³-hybridized carbons (Fsp3) is 0.800. The van der Waals surface area contributed by atoms with Gasteiger partial charge >= 0.3 is 0 Å². The molecule has 0 radical (unpaired) electrons. The standard InChI is InChI=1S/C15H26N2OS/c1-10(2)14(18)15(3,4)9-16-8-13-17-11-6-5-7-12(11)19-13/h10,14,16,18H,5-9H2,1-4H3. The van der Waals surface area contributed by atoms with Crippen LogP contribution in [0.3, 0.4) is 0 Å². The van der Waals surface area contributed by atoms with Gasteiger partial charge in [-0.2, -0.15) is 0 Å². The molecule has 1 unspecified atom stereocenters. The maximum Gasteiger partial charge on any atom is 0.107 e. The minimum absolute atomic E-state index is 0.103. The van der Waals surface area contributed by atoms with Crippen molar-refractivity contribution >= 4 is 11.3 Å². The summed E-state index contributed by atoms with van der Waals surface area (Å²) in [6.07, 6.45) is 3.37. The summed E-state index contributed by atoms with van der Waals surface area (Å²) in [5, 5.41) is 14.8. The average Bonchev–Trinajstić information content (AvgIpc) is 2.88. The Kier molecular flexibility index (Phi) is 4.64. The van der Waals surface area contributed by atoms with Gasteiger partial charge in [0, 0.05) is 23.4 Å². The third kappa shape index (κ3) is 3.56. The van der Waals surface area contributed by atoms with Gasteiger partial charge in [0.15, 0.2) is 0 Å². The summed E-state index contributed by atoms with van der Waals surface area (Å²) >= 11 is 1.85. The zero-order valence-electron chi connectivity index (χ0n) is 12.5. The van der Waals surface area contributed by atoms with Crippen molar-refractivity contribution in [2.45, 2.75) is 59.6 Å². The molecule has 4 heteroatoms. The quantitative estimate of drug-likeness (QED) is 0.843. The first-order valence-electron chi connectivity index (χ1n) is 7.26. The van der Waals surface area contributed by atoms with Crippen LogP contribution in [-0.4, -0.2) is 22.7 Å². The zero-order valence-corrected chi connectivity index (χ0v) is 13.3. The molecule has 0 saturated carbocycles. The van der Waals surface area contributed by atoms with E-state index in [2.05, 4.69) is 38.0 Å². The van der Waals surface area contributed by atoms with E-state index in [0.29, 0.717) is 5.92 Å². The fourth-order valence-corrected chi connectivity index (χ4v) is 3.94. The highest BCUT2D eigenvalue weighted by Crippen LogP contribution is 2.28. The first-order chi connectivity index (χ1) is 8.90. The average molecular weight is 282 g/mol. The van der Waals surface area contributed by atoms with Gasteiger partial charge in [-0.15, -0.1) is 11.3 Å². The number of hydrogen-bond acceptors (Lipinski definition) is 4. The zero-order chi connectivity index (χ0) is 14.0. The Labute approximate surface area is 120 Å². The Morgan fingerprint density at radius 3 is 2.74 bits per heavy atom. The minimum atomic E-state index is -0.277. The number of aliphatic hydroxyl groups excluding tert-OH is 1. The van der Waals surface area contributed by atoms with E-state index in [0.717, 1.165) is 19.5 Å². The van der Waals surface area contributed by atoms with Crippen LogP contribution < -0.4 is 5.32 Å². The number of nitrogens with zero attached hydrogens (tertiary/aromatic N) is 1. The highest BCUT2D eigenvalue weighted by atomic mass is 32.1. The van der Waals surface area contributed by atoms with Crippen molar-refractivity contribution in [3.05, 3.63) is 15.6 Å². The Hall–Kier alpha value is -0.450. The first kappa shape index (κ1) is 14.9. The van der Waals surface area contributed by atoms with Crippen LogP contribution in [-0.2, 0) is 19.4 Å². The number of rotatable bonds is 6. The van der Waals surface area contributed by atoms with E-state index in [4.69, 9.17) is 0 Å². The summed E-state index contributed by atoms with van der Waals surface area (Å²) in [6.45, 7) is 10.0. The molecular formula is C15H26N2OS. The molecule has 0 aliphatic heterocycles. The van der Waals surface area contributed by atoms with Crippen LogP contribution in [0.15, 0.2) is 0 Å². The molecule has 1 aromatic heterocycles. The second-order valence-corrected chi connectivity index (χ2v) is 7.78. The molecule has 1 aliphatic carbocycles. The van der Waals surface area contributed by atoms with Gasteiger partial charge in [0.25, 0.3) is 0 Å². The van der Waals surface area contributed by atoms with Crippen molar-refractivity contribution in [2.75, 3.05) is 6.54 Å². The molecule has 19 heavy (non-hydrogen) atoms. The summed E-state index contributed by atoms with van der Waals surface area (Å²) < 4.78 is 0. The number of aliphatic hydroxyl groups is 1. The van der Waals surface area contributed by atoms with Gasteiger partial charge in [-0.1, -0.05) is 27.7 Å². The molecule has 1 atom stereocenters.